The molecular weight excluding hydrogens is 472 g/mol. The van der Waals surface area contributed by atoms with E-state index >= 15 is 0 Å². The predicted octanol–water partition coefficient (Wildman–Crippen LogP) is 5.47. The van der Waals surface area contributed by atoms with E-state index < -0.39 is 23.5 Å². The summed E-state index contributed by atoms with van der Waals surface area (Å²) in [5.41, 5.74) is 2.41. The van der Waals surface area contributed by atoms with Crippen molar-refractivity contribution >= 4 is 49.7 Å². The number of amides is 1. The van der Waals surface area contributed by atoms with E-state index in [1.165, 1.54) is 41.8 Å². The molecule has 1 N–H and O–H groups in total. The molecule has 0 fully saturated rings. The van der Waals surface area contributed by atoms with E-state index in [0.29, 0.717) is 27.1 Å². The summed E-state index contributed by atoms with van der Waals surface area (Å²) in [6.45, 7) is 1.98. The molecule has 1 atom stereocenters. The average molecular weight is 493 g/mol. The first-order valence-electron chi connectivity index (χ1n) is 10.4. The van der Waals surface area contributed by atoms with Crippen LogP contribution in [-0.2, 0) is 4.79 Å². The molecule has 3 heterocycles. The first-order valence-corrected chi connectivity index (χ1v) is 12.1. The van der Waals surface area contributed by atoms with Gasteiger partial charge in [0.2, 0.25) is 5.78 Å². The van der Waals surface area contributed by atoms with E-state index in [0.717, 1.165) is 15.8 Å². The molecule has 2 aromatic carbocycles. The molecule has 1 aliphatic heterocycles. The van der Waals surface area contributed by atoms with Gasteiger partial charge < -0.3 is 14.6 Å². The van der Waals surface area contributed by atoms with E-state index in [9.17, 15) is 14.7 Å². The lowest BCUT2D eigenvalue weighted by Crippen LogP contribution is -2.31. The minimum Gasteiger partial charge on any atom is -0.503 e. The van der Waals surface area contributed by atoms with Gasteiger partial charge in [-0.1, -0.05) is 29.5 Å². The molecule has 34 heavy (non-hydrogen) atoms. The van der Waals surface area contributed by atoms with Crippen molar-refractivity contribution in [2.24, 2.45) is 0 Å². The van der Waals surface area contributed by atoms with Crippen LogP contribution in [0.3, 0.4) is 0 Å². The molecule has 1 amide bonds. The topological polar surface area (TPSA) is 89.0 Å². The summed E-state index contributed by atoms with van der Waals surface area (Å²) in [4.78, 5) is 33.3. The largest absolute Gasteiger partial charge is 0.503 e. The lowest BCUT2D eigenvalue weighted by Gasteiger charge is -2.25. The number of ketones is 1. The third-order valence-electron chi connectivity index (χ3n) is 5.66. The van der Waals surface area contributed by atoms with Gasteiger partial charge in [0.1, 0.15) is 0 Å². The van der Waals surface area contributed by atoms with E-state index in [-0.39, 0.29) is 5.57 Å². The molecule has 0 unspecified atom stereocenters. The number of aryl methyl sites for hydroxylation is 1. The number of benzene rings is 2. The van der Waals surface area contributed by atoms with Gasteiger partial charge in [-0.2, -0.15) is 0 Å². The quantitative estimate of drug-likeness (QED) is 0.359. The molecular formula is C25H20N2O5S2. The van der Waals surface area contributed by atoms with E-state index in [2.05, 4.69) is 4.98 Å². The molecule has 1 aliphatic rings. The number of methoxy groups -OCH3 is 2. The third kappa shape index (κ3) is 3.53. The molecule has 0 aliphatic carbocycles. The van der Waals surface area contributed by atoms with Crippen LogP contribution < -0.4 is 14.4 Å². The number of aromatic nitrogens is 1. The van der Waals surface area contributed by atoms with Gasteiger partial charge in [0.25, 0.3) is 5.91 Å². The Morgan fingerprint density at radius 1 is 1.09 bits per heavy atom. The van der Waals surface area contributed by atoms with Crippen LogP contribution >= 0.6 is 22.7 Å². The van der Waals surface area contributed by atoms with Crippen LogP contribution in [-0.4, -0.2) is 36.0 Å². The minimum absolute atomic E-state index is 0.00936. The van der Waals surface area contributed by atoms with Crippen LogP contribution in [0.2, 0.25) is 0 Å². The molecule has 9 heteroatoms. The number of hydrogen-bond acceptors (Lipinski definition) is 8. The number of anilines is 1. The lowest BCUT2D eigenvalue weighted by atomic mass is 9.95. The van der Waals surface area contributed by atoms with Crippen molar-refractivity contribution in [2.45, 2.75) is 13.0 Å². The number of carbonyl (C=O) groups is 2. The summed E-state index contributed by atoms with van der Waals surface area (Å²) in [7, 11) is 3.05. The summed E-state index contributed by atoms with van der Waals surface area (Å²) in [6.07, 6.45) is 0. The van der Waals surface area contributed by atoms with Gasteiger partial charge in [-0.05, 0) is 53.8 Å². The standard InChI is InChI=1S/C25H20N2O5S2/c1-13-6-8-15-19(11-13)34-25(26-15)27-21(14-7-9-16(31-2)17(12-14)32-3)20(23(29)24(27)30)22(28)18-5-4-10-33-18/h4-12,21,29H,1-3H3/t21-/m0/s1. The van der Waals surface area contributed by atoms with Crippen LogP contribution in [0.15, 0.2) is 65.2 Å². The summed E-state index contributed by atoms with van der Waals surface area (Å²) in [6, 6.07) is 13.5. The number of ether oxygens (including phenoxy) is 2. The molecule has 0 bridgehead atoms. The first-order chi connectivity index (χ1) is 16.4. The first kappa shape index (κ1) is 22.1. The van der Waals surface area contributed by atoms with E-state index in [1.54, 1.807) is 35.7 Å². The third-order valence-corrected chi connectivity index (χ3v) is 7.55. The number of thiophene rings is 1. The molecule has 0 saturated heterocycles. The van der Waals surface area contributed by atoms with Crippen molar-refractivity contribution < 1.29 is 24.2 Å². The fraction of sp³-hybridized carbons (Fsp3) is 0.160. The number of thiazole rings is 1. The molecule has 0 saturated carbocycles. The van der Waals surface area contributed by atoms with Crippen molar-refractivity contribution in [3.63, 3.8) is 0 Å². The Kier molecular flexibility index (Phi) is 5.59. The second-order valence-corrected chi connectivity index (χ2v) is 9.69. The predicted molar refractivity (Wildman–Crippen MR) is 132 cm³/mol. The molecule has 7 nitrogen and oxygen atoms in total. The minimum atomic E-state index is -0.886. The van der Waals surface area contributed by atoms with Crippen molar-refractivity contribution in [1.29, 1.82) is 0 Å². The number of aliphatic hydroxyl groups excluding tert-OH is 1. The molecule has 4 aromatic rings. The van der Waals surface area contributed by atoms with Crippen molar-refractivity contribution in [3.05, 3.63) is 81.2 Å². The average Bonchev–Trinajstić information content (AvgIpc) is 3.57. The molecule has 0 radical (unpaired) electrons. The van der Waals surface area contributed by atoms with Gasteiger partial charge in [-0.3, -0.25) is 14.5 Å². The Morgan fingerprint density at radius 2 is 1.88 bits per heavy atom. The Hall–Kier alpha value is -3.69. The highest BCUT2D eigenvalue weighted by Gasteiger charge is 2.46. The monoisotopic (exact) mass is 492 g/mol. The van der Waals surface area contributed by atoms with E-state index in [4.69, 9.17) is 9.47 Å². The molecule has 5 rings (SSSR count). The molecule has 172 valence electrons. The Morgan fingerprint density at radius 3 is 2.59 bits per heavy atom. The highest BCUT2D eigenvalue weighted by Crippen LogP contribution is 2.46. The summed E-state index contributed by atoms with van der Waals surface area (Å²) >= 11 is 2.59. The number of carbonyl (C=O) groups excluding carboxylic acids is 2. The van der Waals surface area contributed by atoms with Gasteiger partial charge in [-0.15, -0.1) is 11.3 Å². The number of aliphatic hydroxyl groups is 1. The number of Topliss-reactive ketones (excluding diaryl/α,β-unsaturated/α-hetero) is 1. The van der Waals surface area contributed by atoms with Gasteiger partial charge in [-0.25, -0.2) is 4.98 Å². The fourth-order valence-corrected chi connectivity index (χ4v) is 5.80. The highest BCUT2D eigenvalue weighted by molar-refractivity contribution is 7.22. The maximum Gasteiger partial charge on any atom is 0.296 e. The van der Waals surface area contributed by atoms with Crippen molar-refractivity contribution in [2.75, 3.05) is 19.1 Å². The van der Waals surface area contributed by atoms with Crippen molar-refractivity contribution in [1.82, 2.24) is 4.98 Å². The smallest absolute Gasteiger partial charge is 0.296 e. The Bertz CT molecular complexity index is 1460. The van der Waals surface area contributed by atoms with Gasteiger partial charge in [0.05, 0.1) is 40.9 Å². The van der Waals surface area contributed by atoms with Crippen LogP contribution in [0.1, 0.15) is 26.8 Å². The summed E-state index contributed by atoms with van der Waals surface area (Å²) in [5, 5.41) is 13.1. The maximum atomic E-state index is 13.5. The van der Waals surface area contributed by atoms with Crippen LogP contribution in [0.4, 0.5) is 5.13 Å². The normalized spacial score (nSPS) is 15.9. The zero-order valence-corrected chi connectivity index (χ0v) is 20.2. The molecule has 2 aromatic heterocycles. The number of hydrogen-bond donors (Lipinski definition) is 1. The summed E-state index contributed by atoms with van der Waals surface area (Å²) < 4.78 is 11.7. The SMILES string of the molecule is COc1ccc([C@H]2C(C(=O)c3cccs3)=C(O)C(=O)N2c2nc3ccc(C)cc3s2)cc1OC. The zero-order chi connectivity index (χ0) is 24.0. The van der Waals surface area contributed by atoms with Crippen molar-refractivity contribution in [3.8, 4) is 11.5 Å². The van der Waals surface area contributed by atoms with Crippen LogP contribution in [0.25, 0.3) is 10.2 Å². The highest BCUT2D eigenvalue weighted by atomic mass is 32.1. The zero-order valence-electron chi connectivity index (χ0n) is 18.6. The second-order valence-electron chi connectivity index (χ2n) is 7.73. The molecule has 0 spiro atoms. The van der Waals surface area contributed by atoms with Crippen LogP contribution in [0.5, 0.6) is 11.5 Å². The van der Waals surface area contributed by atoms with Gasteiger partial charge in [0.15, 0.2) is 22.4 Å². The second kappa shape index (κ2) is 8.58. The van der Waals surface area contributed by atoms with Crippen LogP contribution in [0, 0.1) is 6.92 Å². The lowest BCUT2D eigenvalue weighted by molar-refractivity contribution is -0.117. The Labute approximate surface area is 203 Å². The van der Waals surface area contributed by atoms with Gasteiger partial charge in [0, 0.05) is 0 Å². The van der Waals surface area contributed by atoms with E-state index in [1.807, 2.05) is 25.1 Å². The van der Waals surface area contributed by atoms with Gasteiger partial charge >= 0.3 is 0 Å². The number of rotatable bonds is 6. The Balaban J connectivity index is 1.70. The number of nitrogens with zero attached hydrogens (tertiary/aromatic N) is 2. The summed E-state index contributed by atoms with van der Waals surface area (Å²) in [5.74, 6) is -0.692. The number of fused-ring (bicyclic) bond motifs is 1. The fourth-order valence-electron chi connectivity index (χ4n) is 4.04. The maximum absolute atomic E-state index is 13.5.